The van der Waals surface area contributed by atoms with E-state index in [1.165, 1.54) is 17.8 Å². The Balaban J connectivity index is 1.74. The van der Waals surface area contributed by atoms with Crippen LogP contribution in [0.3, 0.4) is 0 Å². The molecule has 2 N–H and O–H groups in total. The van der Waals surface area contributed by atoms with Gasteiger partial charge in [-0.1, -0.05) is 42.3 Å². The van der Waals surface area contributed by atoms with E-state index in [1.807, 2.05) is 24.3 Å². The zero-order valence-electron chi connectivity index (χ0n) is 14.0. The first kappa shape index (κ1) is 18.2. The summed E-state index contributed by atoms with van der Waals surface area (Å²) < 4.78 is 0. The van der Waals surface area contributed by atoms with Crippen molar-refractivity contribution in [3.05, 3.63) is 76.0 Å². The molecule has 0 unspecified atom stereocenters. The van der Waals surface area contributed by atoms with E-state index < -0.39 is 0 Å². The maximum Gasteiger partial charge on any atom is 0.274 e. The number of nitrogens with zero attached hydrogens (tertiary/aromatic N) is 2. The summed E-state index contributed by atoms with van der Waals surface area (Å²) in [7, 11) is 0. The van der Waals surface area contributed by atoms with Crippen LogP contribution in [-0.4, -0.2) is 15.9 Å². The second kappa shape index (κ2) is 8.17. The molecule has 0 aliphatic heterocycles. The minimum absolute atomic E-state index is 0.226. The SMILES string of the molecule is CCc1ccc(Nc2nccc(C(=O)Nc3cc(Cl)cc(Cl)c3)n2)cc1. The first-order chi connectivity index (χ1) is 12.5. The number of hydrogen-bond acceptors (Lipinski definition) is 4. The number of carbonyl (C=O) groups excluding carboxylic acids is 1. The molecule has 0 fully saturated rings. The van der Waals surface area contributed by atoms with Crippen molar-refractivity contribution in [3.8, 4) is 0 Å². The molecule has 0 bridgehead atoms. The van der Waals surface area contributed by atoms with E-state index in [0.717, 1.165) is 12.1 Å². The van der Waals surface area contributed by atoms with Crippen LogP contribution >= 0.6 is 23.2 Å². The number of carbonyl (C=O) groups is 1. The number of benzene rings is 2. The first-order valence-corrected chi connectivity index (χ1v) is 8.75. The van der Waals surface area contributed by atoms with Gasteiger partial charge in [-0.05, 0) is 48.4 Å². The summed E-state index contributed by atoms with van der Waals surface area (Å²) in [6.45, 7) is 2.10. The van der Waals surface area contributed by atoms with Gasteiger partial charge in [-0.15, -0.1) is 0 Å². The summed E-state index contributed by atoms with van der Waals surface area (Å²) in [6.07, 6.45) is 2.50. The molecule has 5 nitrogen and oxygen atoms in total. The van der Waals surface area contributed by atoms with Crippen LogP contribution in [-0.2, 0) is 6.42 Å². The monoisotopic (exact) mass is 386 g/mol. The van der Waals surface area contributed by atoms with Crippen molar-refractivity contribution in [2.75, 3.05) is 10.6 Å². The van der Waals surface area contributed by atoms with Gasteiger partial charge in [0.2, 0.25) is 5.95 Å². The molecular formula is C19H16Cl2N4O. The van der Waals surface area contributed by atoms with Gasteiger partial charge in [-0.2, -0.15) is 0 Å². The van der Waals surface area contributed by atoms with Gasteiger partial charge >= 0.3 is 0 Å². The summed E-state index contributed by atoms with van der Waals surface area (Å²) in [5, 5.41) is 6.68. The Kier molecular flexibility index (Phi) is 5.71. The molecule has 0 spiro atoms. The predicted molar refractivity (Wildman–Crippen MR) is 106 cm³/mol. The third kappa shape index (κ3) is 4.71. The van der Waals surface area contributed by atoms with E-state index in [9.17, 15) is 4.79 Å². The molecular weight excluding hydrogens is 371 g/mol. The van der Waals surface area contributed by atoms with Crippen molar-refractivity contribution in [1.29, 1.82) is 0 Å². The Morgan fingerprint density at radius 1 is 1.00 bits per heavy atom. The molecule has 0 aliphatic rings. The van der Waals surface area contributed by atoms with Crippen molar-refractivity contribution >= 4 is 46.4 Å². The predicted octanol–water partition coefficient (Wildman–Crippen LogP) is 5.34. The molecule has 0 saturated carbocycles. The molecule has 1 aromatic heterocycles. The highest BCUT2D eigenvalue weighted by atomic mass is 35.5. The third-order valence-electron chi connectivity index (χ3n) is 3.63. The maximum atomic E-state index is 12.4. The quantitative estimate of drug-likeness (QED) is 0.620. The number of halogens is 2. The molecule has 0 saturated heterocycles. The van der Waals surface area contributed by atoms with Crippen LogP contribution in [0.5, 0.6) is 0 Å². The fourth-order valence-corrected chi connectivity index (χ4v) is 2.85. The Hall–Kier alpha value is -2.63. The van der Waals surface area contributed by atoms with Gasteiger partial charge in [0.15, 0.2) is 0 Å². The first-order valence-electron chi connectivity index (χ1n) is 8.00. The van der Waals surface area contributed by atoms with Gasteiger partial charge in [0, 0.05) is 27.6 Å². The molecule has 7 heteroatoms. The molecule has 0 aliphatic carbocycles. The largest absolute Gasteiger partial charge is 0.324 e. The standard InChI is InChI=1S/C19H16Cl2N4O/c1-2-12-3-5-15(6-4-12)24-19-22-8-7-17(25-19)18(26)23-16-10-13(20)9-14(21)11-16/h3-11H,2H2,1H3,(H,23,26)(H,22,24,25). The average Bonchev–Trinajstić information content (AvgIpc) is 2.62. The van der Waals surface area contributed by atoms with Crippen LogP contribution in [0.1, 0.15) is 23.0 Å². The number of aromatic nitrogens is 2. The van der Waals surface area contributed by atoms with Crippen LogP contribution in [0.15, 0.2) is 54.7 Å². The van der Waals surface area contributed by atoms with Gasteiger partial charge in [-0.3, -0.25) is 4.79 Å². The zero-order valence-corrected chi connectivity index (χ0v) is 15.5. The Bertz CT molecular complexity index is 909. The van der Waals surface area contributed by atoms with Crippen molar-refractivity contribution in [1.82, 2.24) is 9.97 Å². The van der Waals surface area contributed by atoms with Gasteiger partial charge < -0.3 is 10.6 Å². The normalized spacial score (nSPS) is 10.4. The highest BCUT2D eigenvalue weighted by Crippen LogP contribution is 2.23. The number of anilines is 3. The lowest BCUT2D eigenvalue weighted by Crippen LogP contribution is -2.14. The number of hydrogen-bond donors (Lipinski definition) is 2. The van der Waals surface area contributed by atoms with Crippen LogP contribution in [0.25, 0.3) is 0 Å². The van der Waals surface area contributed by atoms with Crippen LogP contribution < -0.4 is 10.6 Å². The van der Waals surface area contributed by atoms with E-state index in [-0.39, 0.29) is 11.6 Å². The Labute approximate surface area is 161 Å². The molecule has 132 valence electrons. The Morgan fingerprint density at radius 2 is 1.69 bits per heavy atom. The summed E-state index contributed by atoms with van der Waals surface area (Å²) in [5.41, 5.74) is 2.81. The fraction of sp³-hybridized carbons (Fsp3) is 0.105. The third-order valence-corrected chi connectivity index (χ3v) is 4.06. The van der Waals surface area contributed by atoms with Gasteiger partial charge in [0.05, 0.1) is 0 Å². The second-order valence-electron chi connectivity index (χ2n) is 5.55. The maximum absolute atomic E-state index is 12.4. The molecule has 26 heavy (non-hydrogen) atoms. The topological polar surface area (TPSA) is 66.9 Å². The van der Waals surface area contributed by atoms with Crippen LogP contribution in [0.2, 0.25) is 10.0 Å². The molecule has 1 amide bonds. The summed E-state index contributed by atoms with van der Waals surface area (Å²) in [4.78, 5) is 20.8. The van der Waals surface area contributed by atoms with Crippen molar-refractivity contribution in [2.24, 2.45) is 0 Å². The molecule has 3 rings (SSSR count). The lowest BCUT2D eigenvalue weighted by atomic mass is 10.1. The fourth-order valence-electron chi connectivity index (χ4n) is 2.32. The number of nitrogens with one attached hydrogen (secondary N) is 2. The van der Waals surface area contributed by atoms with Gasteiger partial charge in [-0.25, -0.2) is 9.97 Å². The highest BCUT2D eigenvalue weighted by Gasteiger charge is 2.10. The van der Waals surface area contributed by atoms with Crippen LogP contribution in [0.4, 0.5) is 17.3 Å². The minimum Gasteiger partial charge on any atom is -0.324 e. The van der Waals surface area contributed by atoms with Gasteiger partial charge in [0.1, 0.15) is 5.69 Å². The highest BCUT2D eigenvalue weighted by molar-refractivity contribution is 6.35. The van der Waals surface area contributed by atoms with E-state index >= 15 is 0 Å². The molecule has 0 radical (unpaired) electrons. The van der Waals surface area contributed by atoms with E-state index in [2.05, 4.69) is 27.5 Å². The molecule has 0 atom stereocenters. The van der Waals surface area contributed by atoms with E-state index in [4.69, 9.17) is 23.2 Å². The van der Waals surface area contributed by atoms with E-state index in [1.54, 1.807) is 18.2 Å². The number of amides is 1. The van der Waals surface area contributed by atoms with E-state index in [0.29, 0.717) is 21.7 Å². The number of rotatable bonds is 5. The van der Waals surface area contributed by atoms with Crippen molar-refractivity contribution < 1.29 is 4.79 Å². The summed E-state index contributed by atoms with van der Waals surface area (Å²) in [5.74, 6) is -0.0406. The molecule has 1 heterocycles. The van der Waals surface area contributed by atoms with Crippen LogP contribution in [0, 0.1) is 0 Å². The molecule has 3 aromatic rings. The zero-order chi connectivity index (χ0) is 18.5. The van der Waals surface area contributed by atoms with Crippen molar-refractivity contribution in [3.63, 3.8) is 0 Å². The minimum atomic E-state index is -0.380. The van der Waals surface area contributed by atoms with Gasteiger partial charge in [0.25, 0.3) is 5.91 Å². The Morgan fingerprint density at radius 3 is 2.35 bits per heavy atom. The summed E-state index contributed by atoms with van der Waals surface area (Å²) >= 11 is 11.9. The smallest absolute Gasteiger partial charge is 0.274 e. The lowest BCUT2D eigenvalue weighted by Gasteiger charge is -2.08. The summed E-state index contributed by atoms with van der Waals surface area (Å²) in [6, 6.07) is 14.3. The molecule has 2 aromatic carbocycles. The average molecular weight is 387 g/mol. The van der Waals surface area contributed by atoms with Crippen molar-refractivity contribution in [2.45, 2.75) is 13.3 Å². The second-order valence-corrected chi connectivity index (χ2v) is 6.43. The number of aryl methyl sites for hydroxylation is 1. The lowest BCUT2D eigenvalue weighted by molar-refractivity contribution is 0.102.